The van der Waals surface area contributed by atoms with Gasteiger partial charge in [-0.25, -0.2) is 0 Å². The number of benzene rings is 2. The van der Waals surface area contributed by atoms with Crippen LogP contribution in [-0.4, -0.2) is 17.6 Å². The fourth-order valence-electron chi connectivity index (χ4n) is 2.85. The second kappa shape index (κ2) is 7.14. The van der Waals surface area contributed by atoms with Gasteiger partial charge in [0.1, 0.15) is 5.76 Å². The van der Waals surface area contributed by atoms with Crippen molar-refractivity contribution in [2.45, 2.75) is 13.1 Å². The number of carbonyl (C=O) groups is 1. The molecule has 0 unspecified atom stereocenters. The molecule has 0 bridgehead atoms. The summed E-state index contributed by atoms with van der Waals surface area (Å²) in [6, 6.07) is 16.3. The van der Waals surface area contributed by atoms with Gasteiger partial charge in [0.05, 0.1) is 23.4 Å². The van der Waals surface area contributed by atoms with Gasteiger partial charge in [0.25, 0.3) is 5.91 Å². The van der Waals surface area contributed by atoms with Crippen molar-refractivity contribution >= 4 is 17.5 Å². The van der Waals surface area contributed by atoms with Crippen LogP contribution in [0.4, 0.5) is 0 Å². The molecule has 1 amide bonds. The number of amides is 1. The van der Waals surface area contributed by atoms with Crippen LogP contribution in [-0.2, 0) is 13.1 Å². The number of ether oxygens (including phenoxy) is 2. The zero-order valence-corrected chi connectivity index (χ0v) is 14.6. The zero-order chi connectivity index (χ0) is 17.9. The van der Waals surface area contributed by atoms with E-state index >= 15 is 0 Å². The highest BCUT2D eigenvalue weighted by atomic mass is 35.5. The van der Waals surface area contributed by atoms with Crippen LogP contribution in [0.15, 0.2) is 65.3 Å². The van der Waals surface area contributed by atoms with Gasteiger partial charge in [-0.15, -0.1) is 0 Å². The maximum Gasteiger partial charge on any atom is 0.256 e. The minimum atomic E-state index is -0.162. The van der Waals surface area contributed by atoms with Gasteiger partial charge in [-0.05, 0) is 42.0 Å². The number of fused-ring (bicyclic) bond motifs is 1. The molecule has 0 saturated heterocycles. The van der Waals surface area contributed by atoms with E-state index in [4.69, 9.17) is 25.5 Å². The summed E-state index contributed by atoms with van der Waals surface area (Å²) in [4.78, 5) is 14.8. The van der Waals surface area contributed by atoms with E-state index in [1.165, 1.54) is 0 Å². The highest BCUT2D eigenvalue weighted by Gasteiger charge is 2.21. The Balaban J connectivity index is 1.62. The molecule has 0 radical (unpaired) electrons. The van der Waals surface area contributed by atoms with Crippen LogP contribution in [0.25, 0.3) is 0 Å². The highest BCUT2D eigenvalue weighted by molar-refractivity contribution is 6.33. The molecule has 2 heterocycles. The van der Waals surface area contributed by atoms with Crippen molar-refractivity contribution in [2.24, 2.45) is 0 Å². The molecular weight excluding hydrogens is 354 g/mol. The molecule has 0 fully saturated rings. The lowest BCUT2D eigenvalue weighted by Gasteiger charge is -2.22. The number of furan rings is 1. The molecule has 26 heavy (non-hydrogen) atoms. The standard InChI is InChI=1S/C20H16ClNO4/c21-17-6-2-1-5-16(17)20(23)22(12-15-4-3-9-24-15)11-14-7-8-18-19(10-14)26-13-25-18/h1-10H,11-13H2. The Bertz CT molecular complexity index is 923. The van der Waals surface area contributed by atoms with Crippen molar-refractivity contribution in [3.63, 3.8) is 0 Å². The summed E-state index contributed by atoms with van der Waals surface area (Å²) >= 11 is 6.22. The van der Waals surface area contributed by atoms with E-state index in [0.717, 1.165) is 5.56 Å². The summed E-state index contributed by atoms with van der Waals surface area (Å²) in [6.07, 6.45) is 1.59. The van der Waals surface area contributed by atoms with Crippen LogP contribution in [0.2, 0.25) is 5.02 Å². The van der Waals surface area contributed by atoms with Gasteiger partial charge in [0.2, 0.25) is 6.79 Å². The molecule has 0 saturated carbocycles. The van der Waals surface area contributed by atoms with E-state index in [9.17, 15) is 4.79 Å². The van der Waals surface area contributed by atoms with Crippen LogP contribution in [0.1, 0.15) is 21.7 Å². The average molecular weight is 370 g/mol. The van der Waals surface area contributed by atoms with Crippen molar-refractivity contribution in [1.29, 1.82) is 0 Å². The average Bonchev–Trinajstić information content (AvgIpc) is 3.32. The summed E-state index contributed by atoms with van der Waals surface area (Å²) in [6.45, 7) is 0.945. The van der Waals surface area contributed by atoms with Crippen LogP contribution in [0.3, 0.4) is 0 Å². The lowest BCUT2D eigenvalue weighted by Crippen LogP contribution is -2.30. The minimum absolute atomic E-state index is 0.162. The van der Waals surface area contributed by atoms with Gasteiger partial charge in [0, 0.05) is 6.54 Å². The molecule has 0 atom stereocenters. The number of rotatable bonds is 5. The van der Waals surface area contributed by atoms with Crippen LogP contribution < -0.4 is 9.47 Å². The van der Waals surface area contributed by atoms with E-state index in [1.807, 2.05) is 24.3 Å². The number of halogens is 1. The molecule has 1 aliphatic rings. The quantitative estimate of drug-likeness (QED) is 0.664. The van der Waals surface area contributed by atoms with Crippen LogP contribution in [0.5, 0.6) is 11.5 Å². The molecule has 2 aromatic carbocycles. The van der Waals surface area contributed by atoms with Crippen molar-refractivity contribution in [1.82, 2.24) is 4.90 Å². The molecule has 1 aliphatic heterocycles. The summed E-state index contributed by atoms with van der Waals surface area (Å²) in [5.41, 5.74) is 1.39. The van der Waals surface area contributed by atoms with Gasteiger partial charge >= 0.3 is 0 Å². The molecule has 5 nitrogen and oxygen atoms in total. The number of hydrogen-bond donors (Lipinski definition) is 0. The Morgan fingerprint density at radius 2 is 1.85 bits per heavy atom. The van der Waals surface area contributed by atoms with Crippen LogP contribution in [0, 0.1) is 0 Å². The Hall–Kier alpha value is -2.92. The first-order chi connectivity index (χ1) is 12.7. The largest absolute Gasteiger partial charge is 0.467 e. The monoisotopic (exact) mass is 369 g/mol. The smallest absolute Gasteiger partial charge is 0.256 e. The first kappa shape index (κ1) is 16.5. The number of hydrogen-bond acceptors (Lipinski definition) is 4. The molecule has 132 valence electrons. The predicted octanol–water partition coefficient (Wildman–Crippen LogP) is 4.50. The zero-order valence-electron chi connectivity index (χ0n) is 13.9. The van der Waals surface area contributed by atoms with E-state index in [1.54, 1.807) is 41.5 Å². The number of nitrogens with zero attached hydrogens (tertiary/aromatic N) is 1. The third-order valence-corrected chi connectivity index (χ3v) is 4.46. The van der Waals surface area contributed by atoms with Gasteiger partial charge in [-0.3, -0.25) is 4.79 Å². The topological polar surface area (TPSA) is 51.9 Å². The van der Waals surface area contributed by atoms with Crippen LogP contribution >= 0.6 is 11.6 Å². The molecular formula is C20H16ClNO4. The van der Waals surface area contributed by atoms with Gasteiger partial charge in [-0.2, -0.15) is 0 Å². The van der Waals surface area contributed by atoms with Gasteiger partial charge in [-0.1, -0.05) is 29.8 Å². The normalized spacial score (nSPS) is 12.2. The second-order valence-electron chi connectivity index (χ2n) is 5.91. The minimum Gasteiger partial charge on any atom is -0.467 e. The van der Waals surface area contributed by atoms with E-state index in [0.29, 0.717) is 40.9 Å². The second-order valence-corrected chi connectivity index (χ2v) is 6.32. The lowest BCUT2D eigenvalue weighted by atomic mass is 10.1. The summed E-state index contributed by atoms with van der Waals surface area (Å²) < 4.78 is 16.2. The van der Waals surface area contributed by atoms with E-state index < -0.39 is 0 Å². The first-order valence-electron chi connectivity index (χ1n) is 8.15. The van der Waals surface area contributed by atoms with Gasteiger partial charge in [0.15, 0.2) is 11.5 Å². The van der Waals surface area contributed by atoms with Crippen molar-refractivity contribution in [3.8, 4) is 11.5 Å². The molecule has 1 aromatic heterocycles. The molecule has 3 aromatic rings. The fraction of sp³-hybridized carbons (Fsp3) is 0.150. The summed E-state index contributed by atoms with van der Waals surface area (Å²) in [5, 5.41) is 0.424. The van der Waals surface area contributed by atoms with Crippen molar-refractivity contribution in [2.75, 3.05) is 6.79 Å². The molecule has 0 spiro atoms. The Morgan fingerprint density at radius 1 is 1.00 bits per heavy atom. The van der Waals surface area contributed by atoms with E-state index in [-0.39, 0.29) is 12.7 Å². The maximum atomic E-state index is 13.1. The Labute approximate surface area is 155 Å². The summed E-state index contributed by atoms with van der Waals surface area (Å²) in [5.74, 6) is 1.94. The molecule has 0 N–H and O–H groups in total. The molecule has 6 heteroatoms. The fourth-order valence-corrected chi connectivity index (χ4v) is 3.07. The highest BCUT2D eigenvalue weighted by Crippen LogP contribution is 2.33. The lowest BCUT2D eigenvalue weighted by molar-refractivity contribution is 0.0717. The predicted molar refractivity (Wildman–Crippen MR) is 96.3 cm³/mol. The maximum absolute atomic E-state index is 13.1. The van der Waals surface area contributed by atoms with E-state index in [2.05, 4.69) is 0 Å². The van der Waals surface area contributed by atoms with Gasteiger partial charge < -0.3 is 18.8 Å². The summed E-state index contributed by atoms with van der Waals surface area (Å²) in [7, 11) is 0. The van der Waals surface area contributed by atoms with Crippen molar-refractivity contribution < 1.29 is 18.7 Å². The molecule has 4 rings (SSSR count). The third-order valence-electron chi connectivity index (χ3n) is 4.13. The Morgan fingerprint density at radius 3 is 2.65 bits per heavy atom. The SMILES string of the molecule is O=C(c1ccccc1Cl)N(Cc1ccc2c(c1)OCO2)Cc1ccco1. The molecule has 0 aliphatic carbocycles. The van der Waals surface area contributed by atoms with Crippen molar-refractivity contribution in [3.05, 3.63) is 82.8 Å². The number of carbonyl (C=O) groups excluding carboxylic acids is 1. The third kappa shape index (κ3) is 3.39. The first-order valence-corrected chi connectivity index (χ1v) is 8.53. The Kier molecular flexibility index (Phi) is 4.54.